The van der Waals surface area contributed by atoms with E-state index < -0.39 is 5.97 Å². The minimum absolute atomic E-state index is 0.284. The number of carbonyl (C=O) groups is 1. The molecule has 144 valence electrons. The first-order valence-electron chi connectivity index (χ1n) is 10.1. The number of ether oxygens (including phenoxy) is 1. The van der Waals surface area contributed by atoms with E-state index in [1.807, 2.05) is 12.1 Å². The third-order valence-electron chi connectivity index (χ3n) is 6.02. The maximum atomic E-state index is 10.6. The Bertz CT molecular complexity index is 561. The lowest BCUT2D eigenvalue weighted by Crippen LogP contribution is -2.48. The molecular formula is C21H32N2O3. The monoisotopic (exact) mass is 360 g/mol. The van der Waals surface area contributed by atoms with E-state index in [2.05, 4.69) is 29.3 Å². The van der Waals surface area contributed by atoms with Crippen LogP contribution >= 0.6 is 0 Å². The van der Waals surface area contributed by atoms with Crippen LogP contribution in [0.25, 0.3) is 0 Å². The zero-order valence-electron chi connectivity index (χ0n) is 15.8. The van der Waals surface area contributed by atoms with Gasteiger partial charge in [0, 0.05) is 12.1 Å². The summed E-state index contributed by atoms with van der Waals surface area (Å²) in [6.45, 7) is 5.51. The molecule has 2 aliphatic rings. The Morgan fingerprint density at radius 2 is 1.69 bits per heavy atom. The van der Waals surface area contributed by atoms with Crippen LogP contribution in [0.3, 0.4) is 0 Å². The summed E-state index contributed by atoms with van der Waals surface area (Å²) in [5.74, 6) is 0.307. The molecule has 0 spiro atoms. The Hall–Kier alpha value is -1.59. The predicted octanol–water partition coefficient (Wildman–Crippen LogP) is 3.25. The summed E-state index contributed by atoms with van der Waals surface area (Å²) in [4.78, 5) is 13.3. The van der Waals surface area contributed by atoms with Crippen LogP contribution in [0.15, 0.2) is 24.3 Å². The number of benzene rings is 1. The van der Waals surface area contributed by atoms with Crippen LogP contribution < -0.4 is 10.1 Å². The summed E-state index contributed by atoms with van der Waals surface area (Å²) in [6, 6.07) is 9.50. The van der Waals surface area contributed by atoms with Gasteiger partial charge in [-0.15, -0.1) is 0 Å². The van der Waals surface area contributed by atoms with Crippen molar-refractivity contribution in [3.8, 4) is 5.75 Å². The molecule has 0 amide bonds. The van der Waals surface area contributed by atoms with E-state index in [1.165, 1.54) is 44.1 Å². The van der Waals surface area contributed by atoms with E-state index in [0.29, 0.717) is 11.7 Å². The Kier molecular flexibility index (Phi) is 6.92. The highest BCUT2D eigenvalue weighted by atomic mass is 16.5. The van der Waals surface area contributed by atoms with Crippen molar-refractivity contribution in [3.05, 3.63) is 29.8 Å². The SMILES string of the molecule is CCN(C1CCNCC1)C1CCC(c2ccc(OCC(=O)O)cc2)CC1. The number of nitrogens with one attached hydrogen (secondary N) is 1. The standard InChI is InChI=1S/C21H32N2O3/c1-2-23(19-11-13-22-14-12-19)18-7-3-16(4-8-18)17-5-9-20(10-6-17)26-15-21(24)25/h5-6,9-10,16,18-19,22H,2-4,7-8,11-15H2,1H3,(H,24,25). The first-order valence-corrected chi connectivity index (χ1v) is 10.1. The van der Waals surface area contributed by atoms with Gasteiger partial charge in [-0.2, -0.15) is 0 Å². The number of piperidine rings is 1. The molecule has 2 fully saturated rings. The highest BCUT2D eigenvalue weighted by molar-refractivity contribution is 5.68. The molecule has 0 atom stereocenters. The summed E-state index contributed by atoms with van der Waals surface area (Å²) in [6.07, 6.45) is 7.60. The third-order valence-corrected chi connectivity index (χ3v) is 6.02. The van der Waals surface area contributed by atoms with E-state index >= 15 is 0 Å². The van der Waals surface area contributed by atoms with Gasteiger partial charge >= 0.3 is 5.97 Å². The molecule has 1 saturated carbocycles. The lowest BCUT2D eigenvalue weighted by Gasteiger charge is -2.42. The van der Waals surface area contributed by atoms with Crippen molar-refractivity contribution < 1.29 is 14.6 Å². The molecule has 1 aliphatic carbocycles. The lowest BCUT2D eigenvalue weighted by atomic mass is 9.80. The molecule has 1 saturated heterocycles. The summed E-state index contributed by atoms with van der Waals surface area (Å²) in [7, 11) is 0. The van der Waals surface area contributed by atoms with Crippen LogP contribution in [0.2, 0.25) is 0 Å². The molecule has 5 heteroatoms. The summed E-state index contributed by atoms with van der Waals surface area (Å²) in [5, 5.41) is 12.2. The summed E-state index contributed by atoms with van der Waals surface area (Å²) in [5.41, 5.74) is 1.36. The topological polar surface area (TPSA) is 61.8 Å². The van der Waals surface area contributed by atoms with Crippen molar-refractivity contribution >= 4 is 5.97 Å². The first-order chi connectivity index (χ1) is 12.7. The number of hydrogen-bond acceptors (Lipinski definition) is 4. The van der Waals surface area contributed by atoms with E-state index in [0.717, 1.165) is 31.7 Å². The molecular weight excluding hydrogens is 328 g/mol. The van der Waals surface area contributed by atoms with Crippen LogP contribution in [-0.2, 0) is 4.79 Å². The first kappa shape index (κ1) is 19.2. The number of hydrogen-bond donors (Lipinski definition) is 2. The van der Waals surface area contributed by atoms with Crippen molar-refractivity contribution in [3.63, 3.8) is 0 Å². The second kappa shape index (κ2) is 9.38. The molecule has 0 unspecified atom stereocenters. The zero-order chi connectivity index (χ0) is 18.4. The summed E-state index contributed by atoms with van der Waals surface area (Å²) < 4.78 is 5.23. The van der Waals surface area contributed by atoms with E-state index in [9.17, 15) is 4.79 Å². The highest BCUT2D eigenvalue weighted by Gasteiger charge is 2.30. The number of carboxylic acid groups (broad SMARTS) is 1. The number of carboxylic acids is 1. The van der Waals surface area contributed by atoms with E-state index in [4.69, 9.17) is 9.84 Å². The van der Waals surface area contributed by atoms with Crippen molar-refractivity contribution in [2.75, 3.05) is 26.2 Å². The predicted molar refractivity (Wildman–Crippen MR) is 103 cm³/mol. The van der Waals surface area contributed by atoms with Gasteiger partial charge in [-0.25, -0.2) is 4.79 Å². The fourth-order valence-corrected chi connectivity index (χ4v) is 4.67. The second-order valence-corrected chi connectivity index (χ2v) is 7.57. The molecule has 1 aromatic rings. The molecule has 1 aromatic carbocycles. The Morgan fingerprint density at radius 1 is 1.08 bits per heavy atom. The van der Waals surface area contributed by atoms with Gasteiger partial charge in [-0.3, -0.25) is 4.90 Å². The fourth-order valence-electron chi connectivity index (χ4n) is 4.67. The molecule has 1 heterocycles. The van der Waals surface area contributed by atoms with Gasteiger partial charge in [0.1, 0.15) is 5.75 Å². The van der Waals surface area contributed by atoms with Gasteiger partial charge < -0.3 is 15.2 Å². The smallest absolute Gasteiger partial charge is 0.341 e. The molecule has 3 rings (SSSR count). The van der Waals surface area contributed by atoms with Crippen molar-refractivity contribution in [1.82, 2.24) is 10.2 Å². The summed E-state index contributed by atoms with van der Waals surface area (Å²) >= 11 is 0. The van der Waals surface area contributed by atoms with Crippen LogP contribution in [0.5, 0.6) is 5.75 Å². The Morgan fingerprint density at radius 3 is 2.27 bits per heavy atom. The van der Waals surface area contributed by atoms with Gasteiger partial charge in [0.15, 0.2) is 6.61 Å². The van der Waals surface area contributed by atoms with Crippen LogP contribution in [-0.4, -0.2) is 54.3 Å². The van der Waals surface area contributed by atoms with Gasteiger partial charge in [-0.05, 0) is 81.8 Å². The average Bonchev–Trinajstić information content (AvgIpc) is 2.69. The molecule has 5 nitrogen and oxygen atoms in total. The zero-order valence-corrected chi connectivity index (χ0v) is 15.8. The third kappa shape index (κ3) is 4.98. The fraction of sp³-hybridized carbons (Fsp3) is 0.667. The maximum absolute atomic E-state index is 10.6. The Labute approximate surface area is 156 Å². The quantitative estimate of drug-likeness (QED) is 0.782. The molecule has 0 aromatic heterocycles. The van der Waals surface area contributed by atoms with Crippen LogP contribution in [0, 0.1) is 0 Å². The normalized spacial score (nSPS) is 24.5. The lowest BCUT2D eigenvalue weighted by molar-refractivity contribution is -0.139. The highest BCUT2D eigenvalue weighted by Crippen LogP contribution is 2.36. The van der Waals surface area contributed by atoms with Crippen molar-refractivity contribution in [1.29, 1.82) is 0 Å². The van der Waals surface area contributed by atoms with Gasteiger partial charge in [0.25, 0.3) is 0 Å². The number of aliphatic carboxylic acids is 1. The van der Waals surface area contributed by atoms with Gasteiger partial charge in [0.2, 0.25) is 0 Å². The molecule has 0 bridgehead atoms. The minimum Gasteiger partial charge on any atom is -0.482 e. The van der Waals surface area contributed by atoms with Crippen molar-refractivity contribution in [2.45, 2.75) is 63.5 Å². The van der Waals surface area contributed by atoms with Gasteiger partial charge in [-0.1, -0.05) is 19.1 Å². The molecule has 26 heavy (non-hydrogen) atoms. The second-order valence-electron chi connectivity index (χ2n) is 7.57. The average molecular weight is 360 g/mol. The maximum Gasteiger partial charge on any atom is 0.341 e. The molecule has 1 aliphatic heterocycles. The van der Waals surface area contributed by atoms with Gasteiger partial charge in [0.05, 0.1) is 0 Å². The van der Waals surface area contributed by atoms with Crippen molar-refractivity contribution in [2.24, 2.45) is 0 Å². The largest absolute Gasteiger partial charge is 0.482 e. The minimum atomic E-state index is -0.943. The Balaban J connectivity index is 1.51. The van der Waals surface area contributed by atoms with Crippen LogP contribution in [0.4, 0.5) is 0 Å². The van der Waals surface area contributed by atoms with E-state index in [-0.39, 0.29) is 6.61 Å². The number of nitrogens with zero attached hydrogens (tertiary/aromatic N) is 1. The molecule has 2 N–H and O–H groups in total. The van der Waals surface area contributed by atoms with E-state index in [1.54, 1.807) is 0 Å². The number of rotatable bonds is 7. The molecule has 0 radical (unpaired) electrons. The van der Waals surface area contributed by atoms with Crippen LogP contribution in [0.1, 0.15) is 56.9 Å².